The van der Waals surface area contributed by atoms with Crippen LogP contribution in [0.15, 0.2) is 72.8 Å². The van der Waals surface area contributed by atoms with Crippen molar-refractivity contribution in [1.29, 1.82) is 0 Å². The summed E-state index contributed by atoms with van der Waals surface area (Å²) in [7, 11) is -0.695. The minimum absolute atomic E-state index is 0.00412. The lowest BCUT2D eigenvalue weighted by molar-refractivity contribution is -0.144. The number of ether oxygens (including phenoxy) is 7. The molecular weight excluding hydrogens is 2010 g/mol. The number of esters is 3. The molecule has 2 aliphatic heterocycles. The molecule has 143 heavy (non-hydrogen) atoms. The van der Waals surface area contributed by atoms with E-state index in [2.05, 4.69) is 75.4 Å². The van der Waals surface area contributed by atoms with E-state index >= 15 is 0 Å². The van der Waals surface area contributed by atoms with Gasteiger partial charge in [0, 0.05) is 157 Å². The van der Waals surface area contributed by atoms with Crippen LogP contribution in [0.25, 0.3) is 22.5 Å². The molecule has 1 aromatic heterocycles. The van der Waals surface area contributed by atoms with Gasteiger partial charge in [0.2, 0.25) is 53.2 Å². The number of carboxylic acid groups (broad SMARTS) is 4. The summed E-state index contributed by atoms with van der Waals surface area (Å²) in [6.07, 6.45) is 1.66. The van der Waals surface area contributed by atoms with Gasteiger partial charge in [0.25, 0.3) is 0 Å². The van der Waals surface area contributed by atoms with Crippen molar-refractivity contribution in [2.45, 2.75) is 191 Å². The van der Waals surface area contributed by atoms with Crippen molar-refractivity contribution in [2.75, 3.05) is 190 Å². The van der Waals surface area contributed by atoms with Crippen LogP contribution in [0.1, 0.15) is 153 Å². The van der Waals surface area contributed by atoms with E-state index in [0.717, 1.165) is 32.4 Å². The molecule has 1 saturated heterocycles. The number of carboxylic acids is 4. The largest absolute Gasteiger partial charge is 0.481 e. The van der Waals surface area contributed by atoms with E-state index in [1.165, 1.54) is 21.3 Å². The molecule has 0 saturated carbocycles. The van der Waals surface area contributed by atoms with Gasteiger partial charge in [0.05, 0.1) is 125 Å². The number of unbranched alkanes of at least 4 members (excludes halogenated alkanes) is 3. The van der Waals surface area contributed by atoms with E-state index in [0.29, 0.717) is 127 Å². The minimum atomic E-state index is -4.64. The zero-order valence-corrected chi connectivity index (χ0v) is 84.9. The van der Waals surface area contributed by atoms with Crippen LogP contribution >= 0.6 is 30.3 Å². The Bertz CT molecular complexity index is 4740. The third kappa shape index (κ3) is 49.8. The van der Waals surface area contributed by atoms with Crippen molar-refractivity contribution >= 4 is 131 Å². The summed E-state index contributed by atoms with van der Waals surface area (Å²) in [5, 5.41) is 70.8. The van der Waals surface area contributed by atoms with E-state index in [1.54, 1.807) is 16.5 Å². The molecule has 1 fully saturated rings. The number of aliphatic carboxylic acids is 4. The first kappa shape index (κ1) is 121. The second kappa shape index (κ2) is 68.2. The first-order valence-corrected chi connectivity index (χ1v) is 50.8. The van der Waals surface area contributed by atoms with Gasteiger partial charge >= 0.3 is 49.5 Å². The van der Waals surface area contributed by atoms with E-state index in [9.17, 15) is 101 Å². The van der Waals surface area contributed by atoms with Gasteiger partial charge in [0.15, 0.2) is 0 Å². The standard InChI is InChI=1S/C94H141IN17O30P/c1-66(17-15-52-142-143(133,134)105-75(94(131)132)32-37-85(121)122)100-81(117)34-31-74(93(129)130)102-80(116)24-6-5-12-39-97-78(114)33-30-72(91(126)103-73(92(127)128)22-11-13-40-96-77(113)25-14-18-67-26-28-69(95)29-27-67)101-82(118)38-53-138-55-57-140-59-60-141-58-56-139-54-42-99-79(115)35-36-84(120)111-61-68-19-7-8-20-70(68)90-89(71-21-9-10-23-76(71)111)104-106-112(90)43-16-41-98-83(119)62-107-44-46-108(63-86(123)135-2)48-50-110(65-88(125)137-4)51-49-109(47-45-107)64-87(124)136-3/h7-10,19-21,23,26-29,66,72-75H,5-6,11-18,22,24-25,30-65H2,1-4H3,(H,96,113)(H,97,114)(H,98,119)(H,99,115)(H,100,117)(H,101,118)(H,102,116)(H,103,126)(H,121,122)(H,127,128)(H,129,130)(H,131,132)(H2,105,133,134)/t66-,72?,73?,74+,75+/m1/s1. The number of nitrogens with zero attached hydrogens (tertiary/aromatic N) is 8. The molecule has 6 rings (SSSR count). The lowest BCUT2D eigenvalue weighted by Crippen LogP contribution is -2.52. The number of aromatic nitrogens is 3. The number of para-hydroxylation sites is 1. The second-order valence-electron chi connectivity index (χ2n) is 34.2. The van der Waals surface area contributed by atoms with Gasteiger partial charge in [0.1, 0.15) is 29.9 Å². The first-order valence-electron chi connectivity index (χ1n) is 48.1. The normalized spacial score (nSPS) is 14.7. The van der Waals surface area contributed by atoms with Gasteiger partial charge in [-0.3, -0.25) is 91.2 Å². The Hall–Kier alpha value is -11.2. The fourth-order valence-electron chi connectivity index (χ4n) is 15.2. The Morgan fingerprint density at radius 2 is 0.902 bits per heavy atom. The summed E-state index contributed by atoms with van der Waals surface area (Å²) in [6, 6.07) is 16.7. The molecule has 3 heterocycles. The van der Waals surface area contributed by atoms with E-state index in [1.807, 2.05) is 97.5 Å². The molecule has 0 bridgehead atoms. The smallest absolute Gasteiger partial charge is 0.403 e. The molecule has 47 nitrogen and oxygen atoms in total. The summed E-state index contributed by atoms with van der Waals surface area (Å²) in [5.41, 5.74) is 5.27. The van der Waals surface area contributed by atoms with Gasteiger partial charge in [-0.2, -0.15) is 0 Å². The van der Waals surface area contributed by atoms with Crippen molar-refractivity contribution in [3.63, 3.8) is 0 Å². The molecule has 794 valence electrons. The molecule has 0 spiro atoms. The highest BCUT2D eigenvalue weighted by Crippen LogP contribution is 2.42. The lowest BCUT2D eigenvalue weighted by atomic mass is 9.95. The third-order valence-corrected chi connectivity index (χ3v) is 25.0. The Kier molecular flexibility index (Phi) is 57.5. The van der Waals surface area contributed by atoms with Crippen molar-refractivity contribution in [1.82, 2.24) is 82.2 Å². The Labute approximate surface area is 844 Å². The van der Waals surface area contributed by atoms with E-state index in [-0.39, 0.29) is 212 Å². The van der Waals surface area contributed by atoms with Crippen molar-refractivity contribution < 1.29 is 144 Å². The van der Waals surface area contributed by atoms with Crippen LogP contribution in [0.5, 0.6) is 0 Å². The van der Waals surface area contributed by atoms with Gasteiger partial charge in [-0.05, 0) is 142 Å². The molecule has 4 aromatic rings. The number of carbonyl (C=O) groups is 16. The van der Waals surface area contributed by atoms with Crippen LogP contribution in [0, 0.1) is 3.57 Å². The van der Waals surface area contributed by atoms with Crippen LogP contribution in [-0.4, -0.2) is 371 Å². The third-order valence-electron chi connectivity index (χ3n) is 23.1. The SMILES string of the molecule is COC(=O)CN1CCN(CC(=O)NCCCn2nnc3c2-c2ccccc2CN(C(=O)CCC(=O)NCCOCCOCCOCCOCCC(=O)NC(CCC(=O)NCCCCCC(=O)N[C@@H](CCC(=O)N[C@H](C)CCCOP(=O)(O)N[C@@H](CCC(=O)O)C(=O)O)C(=O)O)C(=O)NC(CCCCNC(=O)CCCc2ccc(I)cc2)C(=O)O)c2ccccc2-3)CCN(CC(=O)OC)CCN(CC(=O)OC)CC1. The average Bonchev–Trinajstić information content (AvgIpc) is 1.66. The first-order chi connectivity index (χ1) is 68.6. The van der Waals surface area contributed by atoms with E-state index in [4.69, 9.17) is 42.8 Å². The lowest BCUT2D eigenvalue weighted by Gasteiger charge is -2.33. The van der Waals surface area contributed by atoms with Crippen LogP contribution in [0.2, 0.25) is 0 Å². The number of anilines is 1. The zero-order valence-electron chi connectivity index (χ0n) is 81.8. The maximum absolute atomic E-state index is 14.3. The topological polar surface area (TPSA) is 620 Å². The van der Waals surface area contributed by atoms with Crippen LogP contribution < -0.4 is 52.5 Å². The molecule has 3 aromatic carbocycles. The molecule has 6 atom stereocenters. The number of nitrogens with one attached hydrogen (secondary N) is 9. The molecular formula is C94H141IN17O30P. The second-order valence-corrected chi connectivity index (χ2v) is 37.0. The average molecular weight is 2150 g/mol. The van der Waals surface area contributed by atoms with Crippen LogP contribution in [-0.2, 0) is 138 Å². The van der Waals surface area contributed by atoms with Gasteiger partial charge in [-0.25, -0.2) is 23.9 Å². The molecule has 0 radical (unpaired) electrons. The molecule has 0 aliphatic carbocycles. The quantitative estimate of drug-likeness (QED) is 0.00990. The number of halogens is 1. The number of rotatable bonds is 69. The predicted octanol–water partition coefficient (Wildman–Crippen LogP) is 2.14. The van der Waals surface area contributed by atoms with Gasteiger partial charge in [-0.15, -0.1) is 5.10 Å². The summed E-state index contributed by atoms with van der Waals surface area (Å²) < 4.78 is 57.5. The number of fused-ring (bicyclic) bond motifs is 5. The highest BCUT2D eigenvalue weighted by atomic mass is 127. The van der Waals surface area contributed by atoms with Crippen LogP contribution in [0.4, 0.5) is 5.69 Å². The van der Waals surface area contributed by atoms with Crippen LogP contribution in [0.3, 0.4) is 0 Å². The predicted molar refractivity (Wildman–Crippen MR) is 526 cm³/mol. The molecule has 49 heteroatoms. The van der Waals surface area contributed by atoms with E-state index < -0.39 is 122 Å². The monoisotopic (exact) mass is 2150 g/mol. The zero-order chi connectivity index (χ0) is 104. The van der Waals surface area contributed by atoms with Crippen molar-refractivity contribution in [3.8, 4) is 22.5 Å². The number of aryl methyl sites for hydroxylation is 2. The highest BCUT2D eigenvalue weighted by Gasteiger charge is 2.34. The highest BCUT2D eigenvalue weighted by molar-refractivity contribution is 14.1. The molecule has 3 unspecified atom stereocenters. The minimum Gasteiger partial charge on any atom is -0.481 e. The maximum Gasteiger partial charge on any atom is 0.403 e. The summed E-state index contributed by atoms with van der Waals surface area (Å²) >= 11 is 2.22. The number of methoxy groups -OCH3 is 3. The molecule has 2 aliphatic rings. The number of amides is 9. The summed E-state index contributed by atoms with van der Waals surface area (Å²) in [4.78, 5) is 223. The fraction of sp³-hybridized carbons (Fsp3) is 0.617. The summed E-state index contributed by atoms with van der Waals surface area (Å²) in [6.45, 7) is 7.15. The molecule has 9 amide bonds. The number of hydrogen-bond acceptors (Lipinski definition) is 31. The maximum atomic E-state index is 14.3. The number of hydrogen-bond donors (Lipinski definition) is 14. The number of benzene rings is 3. The van der Waals surface area contributed by atoms with Crippen molar-refractivity contribution in [3.05, 3.63) is 87.5 Å². The van der Waals surface area contributed by atoms with Gasteiger partial charge in [-0.1, -0.05) is 66.2 Å². The Morgan fingerprint density at radius 3 is 1.50 bits per heavy atom. The Morgan fingerprint density at radius 1 is 0.427 bits per heavy atom. The Balaban J connectivity index is 0.866. The summed E-state index contributed by atoms with van der Waals surface area (Å²) in [5.74, 6) is -11.0. The fourth-order valence-corrected chi connectivity index (χ4v) is 16.6. The number of carbonyl (C=O) groups excluding carboxylic acids is 12. The van der Waals surface area contributed by atoms with Gasteiger partial charge < -0.3 is 106 Å². The van der Waals surface area contributed by atoms with Crippen molar-refractivity contribution in [2.24, 2.45) is 0 Å². The molecule has 14 N–H and O–H groups in total.